The molecular weight excluding hydrogens is 406 g/mol. The SMILES string of the molecule is CC(C)C1=C(C(=O)CCc2ccc(F)c(F)c2)c2cc(O)ccc2C1Cc1ccccc1. The topological polar surface area (TPSA) is 37.3 Å². The number of hydrogen-bond acceptors (Lipinski definition) is 2. The highest BCUT2D eigenvalue weighted by molar-refractivity contribution is 6.23. The summed E-state index contributed by atoms with van der Waals surface area (Å²) in [6, 6.07) is 19.2. The number of phenols is 1. The van der Waals surface area contributed by atoms with E-state index >= 15 is 0 Å². The van der Waals surface area contributed by atoms with Crippen molar-refractivity contribution < 1.29 is 18.7 Å². The van der Waals surface area contributed by atoms with Gasteiger partial charge in [-0.15, -0.1) is 0 Å². The lowest BCUT2D eigenvalue weighted by Gasteiger charge is -2.20. The molecule has 0 aromatic heterocycles. The van der Waals surface area contributed by atoms with Crippen molar-refractivity contribution in [2.45, 2.75) is 39.0 Å². The average Bonchev–Trinajstić information content (AvgIpc) is 3.08. The van der Waals surface area contributed by atoms with E-state index in [0.717, 1.165) is 35.3 Å². The molecular formula is C28H26F2O2. The second kappa shape index (κ2) is 9.07. The molecule has 0 radical (unpaired) electrons. The van der Waals surface area contributed by atoms with Gasteiger partial charge >= 0.3 is 0 Å². The fraction of sp³-hybridized carbons (Fsp3) is 0.250. The Hall–Kier alpha value is -3.27. The summed E-state index contributed by atoms with van der Waals surface area (Å²) in [7, 11) is 0. The normalized spacial score (nSPS) is 15.3. The Bertz CT molecular complexity index is 1180. The molecule has 1 aliphatic rings. The quantitative estimate of drug-likeness (QED) is 0.455. The van der Waals surface area contributed by atoms with Crippen LogP contribution in [0.25, 0.3) is 5.57 Å². The number of rotatable bonds is 7. The van der Waals surface area contributed by atoms with Gasteiger partial charge in [0.1, 0.15) is 5.75 Å². The Morgan fingerprint density at radius 2 is 1.69 bits per heavy atom. The summed E-state index contributed by atoms with van der Waals surface area (Å²) in [5.41, 5.74) is 5.33. The zero-order valence-corrected chi connectivity index (χ0v) is 18.2. The van der Waals surface area contributed by atoms with Gasteiger partial charge in [-0.05, 0) is 70.9 Å². The summed E-state index contributed by atoms with van der Waals surface area (Å²) in [5.74, 6) is -1.53. The third kappa shape index (κ3) is 4.36. The summed E-state index contributed by atoms with van der Waals surface area (Å²) in [6.45, 7) is 4.17. The van der Waals surface area contributed by atoms with Crippen LogP contribution < -0.4 is 0 Å². The Balaban J connectivity index is 1.70. The Morgan fingerprint density at radius 1 is 0.938 bits per heavy atom. The molecule has 3 aromatic carbocycles. The van der Waals surface area contributed by atoms with Crippen LogP contribution in [0, 0.1) is 17.6 Å². The van der Waals surface area contributed by atoms with Crippen molar-refractivity contribution in [2.75, 3.05) is 0 Å². The van der Waals surface area contributed by atoms with Gasteiger partial charge in [-0.1, -0.05) is 56.3 Å². The first-order chi connectivity index (χ1) is 15.3. The first kappa shape index (κ1) is 21.9. The van der Waals surface area contributed by atoms with Gasteiger partial charge in [0.2, 0.25) is 0 Å². The predicted octanol–water partition coefficient (Wildman–Crippen LogP) is 6.62. The van der Waals surface area contributed by atoms with Gasteiger partial charge in [-0.25, -0.2) is 8.78 Å². The van der Waals surface area contributed by atoms with Crippen molar-refractivity contribution in [1.29, 1.82) is 0 Å². The first-order valence-electron chi connectivity index (χ1n) is 10.9. The Morgan fingerprint density at radius 3 is 2.38 bits per heavy atom. The molecule has 4 heteroatoms. The number of aromatic hydroxyl groups is 1. The fourth-order valence-electron chi connectivity index (χ4n) is 4.71. The highest BCUT2D eigenvalue weighted by Crippen LogP contribution is 2.48. The van der Waals surface area contributed by atoms with Gasteiger partial charge < -0.3 is 5.11 Å². The molecule has 4 rings (SSSR count). The van der Waals surface area contributed by atoms with Crippen LogP contribution in [-0.2, 0) is 17.6 Å². The van der Waals surface area contributed by atoms with Crippen LogP contribution in [0.4, 0.5) is 8.78 Å². The van der Waals surface area contributed by atoms with Crippen LogP contribution in [0.5, 0.6) is 5.75 Å². The van der Waals surface area contributed by atoms with Crippen molar-refractivity contribution in [3.63, 3.8) is 0 Å². The number of benzene rings is 3. The van der Waals surface area contributed by atoms with Gasteiger partial charge in [-0.3, -0.25) is 4.79 Å². The lowest BCUT2D eigenvalue weighted by Crippen LogP contribution is -2.10. The predicted molar refractivity (Wildman–Crippen MR) is 122 cm³/mol. The minimum Gasteiger partial charge on any atom is -0.508 e. The number of carbonyl (C=O) groups excluding carboxylic acids is 1. The lowest BCUT2D eigenvalue weighted by molar-refractivity contribution is -0.113. The molecule has 164 valence electrons. The van der Waals surface area contributed by atoms with E-state index in [1.165, 1.54) is 11.6 Å². The minimum atomic E-state index is -0.906. The van der Waals surface area contributed by atoms with E-state index in [2.05, 4.69) is 26.0 Å². The molecule has 0 saturated carbocycles. The van der Waals surface area contributed by atoms with E-state index in [1.807, 2.05) is 24.3 Å². The van der Waals surface area contributed by atoms with Crippen LogP contribution in [0.3, 0.4) is 0 Å². The van der Waals surface area contributed by atoms with E-state index in [1.54, 1.807) is 12.1 Å². The van der Waals surface area contributed by atoms with E-state index in [0.29, 0.717) is 17.6 Å². The summed E-state index contributed by atoms with van der Waals surface area (Å²) >= 11 is 0. The zero-order chi connectivity index (χ0) is 22.8. The van der Waals surface area contributed by atoms with Crippen molar-refractivity contribution in [3.05, 3.63) is 106 Å². The maximum absolute atomic E-state index is 13.6. The number of hydrogen-bond donors (Lipinski definition) is 1. The van der Waals surface area contributed by atoms with Crippen LogP contribution in [-0.4, -0.2) is 10.9 Å². The monoisotopic (exact) mass is 432 g/mol. The van der Waals surface area contributed by atoms with Crippen molar-refractivity contribution in [1.82, 2.24) is 0 Å². The summed E-state index contributed by atoms with van der Waals surface area (Å²) < 4.78 is 26.8. The number of phenolic OH excluding ortho intramolecular Hbond substituents is 1. The van der Waals surface area contributed by atoms with Crippen molar-refractivity contribution >= 4 is 11.4 Å². The Labute approximate surface area is 187 Å². The third-order valence-corrected chi connectivity index (χ3v) is 6.15. The molecule has 0 heterocycles. The van der Waals surface area contributed by atoms with Crippen LogP contribution in [0.15, 0.2) is 72.3 Å². The smallest absolute Gasteiger partial charge is 0.163 e. The number of ketones is 1. The molecule has 0 fully saturated rings. The van der Waals surface area contributed by atoms with E-state index < -0.39 is 11.6 Å². The molecule has 0 aliphatic heterocycles. The maximum Gasteiger partial charge on any atom is 0.163 e. The highest BCUT2D eigenvalue weighted by Gasteiger charge is 2.35. The van der Waals surface area contributed by atoms with E-state index in [9.17, 15) is 18.7 Å². The fourth-order valence-corrected chi connectivity index (χ4v) is 4.71. The number of Topliss-reactive ketones (excluding diaryl/α,β-unsaturated/α-hetero) is 1. The zero-order valence-electron chi connectivity index (χ0n) is 18.2. The second-order valence-electron chi connectivity index (χ2n) is 8.67. The van der Waals surface area contributed by atoms with Crippen LogP contribution in [0.2, 0.25) is 0 Å². The third-order valence-electron chi connectivity index (χ3n) is 6.15. The van der Waals surface area contributed by atoms with E-state index in [-0.39, 0.29) is 29.8 Å². The molecule has 2 nitrogen and oxygen atoms in total. The summed E-state index contributed by atoms with van der Waals surface area (Å²) in [6.07, 6.45) is 1.28. The molecule has 1 aliphatic carbocycles. The summed E-state index contributed by atoms with van der Waals surface area (Å²) in [4.78, 5) is 13.5. The van der Waals surface area contributed by atoms with Gasteiger partial charge in [0.25, 0.3) is 0 Å². The number of fused-ring (bicyclic) bond motifs is 1. The molecule has 1 N–H and O–H groups in total. The molecule has 1 atom stereocenters. The molecule has 1 unspecified atom stereocenters. The molecule has 0 bridgehead atoms. The minimum absolute atomic E-state index is 0.0409. The second-order valence-corrected chi connectivity index (χ2v) is 8.67. The maximum atomic E-state index is 13.6. The molecule has 0 amide bonds. The van der Waals surface area contributed by atoms with Crippen molar-refractivity contribution in [2.24, 2.45) is 5.92 Å². The number of allylic oxidation sites excluding steroid dienone is 2. The molecule has 32 heavy (non-hydrogen) atoms. The molecule has 0 spiro atoms. The Kier molecular flexibility index (Phi) is 6.22. The van der Waals surface area contributed by atoms with Crippen LogP contribution in [0.1, 0.15) is 48.4 Å². The van der Waals surface area contributed by atoms with Crippen LogP contribution >= 0.6 is 0 Å². The van der Waals surface area contributed by atoms with Crippen molar-refractivity contribution in [3.8, 4) is 5.75 Å². The molecule has 0 saturated heterocycles. The number of aryl methyl sites for hydroxylation is 1. The largest absolute Gasteiger partial charge is 0.508 e. The summed E-state index contributed by atoms with van der Waals surface area (Å²) in [5, 5.41) is 10.2. The van der Waals surface area contributed by atoms with Gasteiger partial charge in [-0.2, -0.15) is 0 Å². The standard InChI is InChI=1S/C28H26F2O2/c1-17(2)27-22(14-18-6-4-3-5-7-18)21-11-10-20(31)16-23(21)28(27)26(32)13-9-19-8-12-24(29)25(30)15-19/h3-8,10-12,15-17,22,31H,9,13-14H2,1-2H3. The lowest BCUT2D eigenvalue weighted by atomic mass is 9.83. The highest BCUT2D eigenvalue weighted by atomic mass is 19.2. The number of carbonyl (C=O) groups is 1. The van der Waals surface area contributed by atoms with Gasteiger partial charge in [0.05, 0.1) is 0 Å². The molecule has 3 aromatic rings. The number of halogens is 2. The average molecular weight is 433 g/mol. The van der Waals surface area contributed by atoms with E-state index in [4.69, 9.17) is 0 Å². The first-order valence-corrected chi connectivity index (χ1v) is 10.9. The van der Waals surface area contributed by atoms with Gasteiger partial charge in [0, 0.05) is 17.9 Å². The van der Waals surface area contributed by atoms with Gasteiger partial charge in [0.15, 0.2) is 17.4 Å².